The Morgan fingerprint density at radius 3 is 2.31 bits per heavy atom. The zero-order valence-electron chi connectivity index (χ0n) is 8.01. The SMILES string of the molecule is CC(C)S(=O)(=O)NCC1(CBr)CC1. The first-order valence-corrected chi connectivity index (χ1v) is 7.13. The van der Waals surface area contributed by atoms with Crippen LogP contribution in [0.2, 0.25) is 0 Å². The maximum atomic E-state index is 11.4. The van der Waals surface area contributed by atoms with E-state index in [1.54, 1.807) is 13.8 Å². The number of nitrogens with one attached hydrogen (secondary N) is 1. The van der Waals surface area contributed by atoms with Crippen LogP contribution in [-0.4, -0.2) is 25.5 Å². The first-order chi connectivity index (χ1) is 5.92. The Bertz CT molecular complexity index is 270. The molecule has 0 radical (unpaired) electrons. The smallest absolute Gasteiger partial charge is 0.213 e. The Labute approximate surface area is 88.5 Å². The van der Waals surface area contributed by atoms with Crippen LogP contribution in [0, 0.1) is 5.41 Å². The fraction of sp³-hybridized carbons (Fsp3) is 1.00. The highest BCUT2D eigenvalue weighted by Gasteiger charge is 2.42. The van der Waals surface area contributed by atoms with E-state index in [0.717, 1.165) is 18.2 Å². The molecule has 1 N–H and O–H groups in total. The molecule has 1 rings (SSSR count). The van der Waals surface area contributed by atoms with Crippen LogP contribution in [-0.2, 0) is 10.0 Å². The van der Waals surface area contributed by atoms with E-state index in [0.29, 0.717) is 6.54 Å². The summed E-state index contributed by atoms with van der Waals surface area (Å²) >= 11 is 3.40. The van der Waals surface area contributed by atoms with Gasteiger partial charge in [0, 0.05) is 11.9 Å². The number of hydrogen-bond donors (Lipinski definition) is 1. The van der Waals surface area contributed by atoms with Gasteiger partial charge in [0.2, 0.25) is 10.0 Å². The molecule has 1 saturated carbocycles. The van der Waals surface area contributed by atoms with Crippen LogP contribution in [0.3, 0.4) is 0 Å². The van der Waals surface area contributed by atoms with Crippen molar-refractivity contribution in [2.24, 2.45) is 5.41 Å². The lowest BCUT2D eigenvalue weighted by Gasteiger charge is -2.14. The van der Waals surface area contributed by atoms with Gasteiger partial charge in [0.1, 0.15) is 0 Å². The highest BCUT2D eigenvalue weighted by Crippen LogP contribution is 2.46. The molecule has 0 aromatic rings. The van der Waals surface area contributed by atoms with E-state index in [9.17, 15) is 8.42 Å². The Kier molecular flexibility index (Phi) is 3.41. The third kappa shape index (κ3) is 2.92. The molecule has 0 aromatic carbocycles. The van der Waals surface area contributed by atoms with Crippen molar-refractivity contribution in [1.82, 2.24) is 4.72 Å². The van der Waals surface area contributed by atoms with Crippen LogP contribution in [0.25, 0.3) is 0 Å². The van der Waals surface area contributed by atoms with Gasteiger partial charge in [0.25, 0.3) is 0 Å². The van der Waals surface area contributed by atoms with E-state index < -0.39 is 10.0 Å². The molecular weight excluding hydrogens is 254 g/mol. The summed E-state index contributed by atoms with van der Waals surface area (Å²) in [5.41, 5.74) is 0.210. The molecule has 1 aliphatic rings. The minimum atomic E-state index is -3.07. The quantitative estimate of drug-likeness (QED) is 0.769. The molecule has 5 heteroatoms. The highest BCUT2D eigenvalue weighted by atomic mass is 79.9. The molecule has 3 nitrogen and oxygen atoms in total. The molecule has 0 saturated heterocycles. The molecule has 0 amide bonds. The van der Waals surface area contributed by atoms with Gasteiger partial charge >= 0.3 is 0 Å². The van der Waals surface area contributed by atoms with Crippen LogP contribution >= 0.6 is 15.9 Å². The molecule has 0 aliphatic heterocycles. The molecule has 0 bridgehead atoms. The average Bonchev–Trinajstić information content (AvgIpc) is 2.81. The summed E-state index contributed by atoms with van der Waals surface area (Å²) in [6, 6.07) is 0. The monoisotopic (exact) mass is 269 g/mol. The van der Waals surface area contributed by atoms with Crippen LogP contribution in [0.4, 0.5) is 0 Å². The van der Waals surface area contributed by atoms with Crippen LogP contribution in [0.5, 0.6) is 0 Å². The number of alkyl halides is 1. The first-order valence-electron chi connectivity index (χ1n) is 4.46. The predicted molar refractivity (Wildman–Crippen MR) is 57.5 cm³/mol. The fourth-order valence-electron chi connectivity index (χ4n) is 0.955. The van der Waals surface area contributed by atoms with E-state index in [-0.39, 0.29) is 10.7 Å². The van der Waals surface area contributed by atoms with Crippen molar-refractivity contribution in [3.05, 3.63) is 0 Å². The normalized spacial score (nSPS) is 20.6. The van der Waals surface area contributed by atoms with Crippen molar-refractivity contribution in [3.8, 4) is 0 Å². The number of hydrogen-bond acceptors (Lipinski definition) is 2. The minimum Gasteiger partial charge on any atom is -0.214 e. The average molecular weight is 270 g/mol. The molecule has 0 heterocycles. The number of halogens is 1. The lowest BCUT2D eigenvalue weighted by molar-refractivity contribution is 0.533. The molecular formula is C8H16BrNO2S. The lowest BCUT2D eigenvalue weighted by atomic mass is 10.1. The van der Waals surface area contributed by atoms with Crippen LogP contribution in [0.1, 0.15) is 26.7 Å². The minimum absolute atomic E-state index is 0.210. The molecule has 78 valence electrons. The van der Waals surface area contributed by atoms with Gasteiger partial charge in [0.15, 0.2) is 0 Å². The van der Waals surface area contributed by atoms with Crippen LogP contribution < -0.4 is 4.72 Å². The molecule has 0 spiro atoms. The number of rotatable bonds is 5. The number of sulfonamides is 1. The second kappa shape index (κ2) is 3.87. The standard InChI is InChI=1S/C8H16BrNO2S/c1-7(2)13(11,12)10-6-8(5-9)3-4-8/h7,10H,3-6H2,1-2H3. The Hall–Kier alpha value is 0.390. The zero-order valence-corrected chi connectivity index (χ0v) is 10.4. The van der Waals surface area contributed by atoms with Crippen molar-refractivity contribution in [2.45, 2.75) is 31.9 Å². The highest BCUT2D eigenvalue weighted by molar-refractivity contribution is 9.09. The van der Waals surface area contributed by atoms with Gasteiger partial charge in [-0.25, -0.2) is 13.1 Å². The predicted octanol–water partition coefficient (Wildman–Crippen LogP) is 1.49. The molecule has 1 aliphatic carbocycles. The van der Waals surface area contributed by atoms with Gasteiger partial charge in [-0.15, -0.1) is 0 Å². The molecule has 0 unspecified atom stereocenters. The van der Waals surface area contributed by atoms with Gasteiger partial charge in [-0.3, -0.25) is 0 Å². The zero-order chi connectivity index (χ0) is 10.1. The van der Waals surface area contributed by atoms with Crippen molar-refractivity contribution >= 4 is 26.0 Å². The lowest BCUT2D eigenvalue weighted by Crippen LogP contribution is -2.35. The Morgan fingerprint density at radius 2 is 2.00 bits per heavy atom. The fourth-order valence-corrected chi connectivity index (χ4v) is 2.55. The largest absolute Gasteiger partial charge is 0.214 e. The van der Waals surface area contributed by atoms with E-state index >= 15 is 0 Å². The van der Waals surface area contributed by atoms with E-state index in [1.165, 1.54) is 0 Å². The summed E-state index contributed by atoms with van der Waals surface area (Å²) < 4.78 is 25.4. The van der Waals surface area contributed by atoms with Gasteiger partial charge in [-0.05, 0) is 32.1 Å². The van der Waals surface area contributed by atoms with Crippen molar-refractivity contribution in [2.75, 3.05) is 11.9 Å². The maximum Gasteiger partial charge on any atom is 0.213 e. The Morgan fingerprint density at radius 1 is 1.46 bits per heavy atom. The van der Waals surface area contributed by atoms with Gasteiger partial charge in [-0.1, -0.05) is 15.9 Å². The van der Waals surface area contributed by atoms with Gasteiger partial charge in [0.05, 0.1) is 5.25 Å². The van der Waals surface area contributed by atoms with Crippen molar-refractivity contribution < 1.29 is 8.42 Å². The van der Waals surface area contributed by atoms with Crippen LogP contribution in [0.15, 0.2) is 0 Å². The van der Waals surface area contributed by atoms with Crippen molar-refractivity contribution in [3.63, 3.8) is 0 Å². The molecule has 13 heavy (non-hydrogen) atoms. The first kappa shape index (κ1) is 11.5. The summed E-state index contributed by atoms with van der Waals surface area (Å²) in [7, 11) is -3.07. The molecule has 0 aromatic heterocycles. The third-order valence-corrected chi connectivity index (χ3v) is 5.49. The third-order valence-electron chi connectivity index (χ3n) is 2.51. The summed E-state index contributed by atoms with van der Waals surface area (Å²) in [6.07, 6.45) is 2.25. The van der Waals surface area contributed by atoms with E-state index in [2.05, 4.69) is 20.7 Å². The van der Waals surface area contributed by atoms with Gasteiger partial charge < -0.3 is 0 Å². The Balaban J connectivity index is 2.43. The summed E-state index contributed by atoms with van der Waals surface area (Å²) in [5, 5.41) is 0.555. The maximum absolute atomic E-state index is 11.4. The van der Waals surface area contributed by atoms with Crippen molar-refractivity contribution in [1.29, 1.82) is 0 Å². The topological polar surface area (TPSA) is 46.2 Å². The molecule has 0 atom stereocenters. The van der Waals surface area contributed by atoms with Gasteiger partial charge in [-0.2, -0.15) is 0 Å². The second-order valence-electron chi connectivity index (χ2n) is 4.05. The summed E-state index contributed by atoms with van der Waals surface area (Å²) in [5.74, 6) is 0. The van der Waals surface area contributed by atoms with E-state index in [4.69, 9.17) is 0 Å². The second-order valence-corrected chi connectivity index (χ2v) is 6.93. The summed E-state index contributed by atoms with van der Waals surface area (Å²) in [6.45, 7) is 3.96. The van der Waals surface area contributed by atoms with E-state index in [1.807, 2.05) is 0 Å². The molecule has 1 fully saturated rings. The summed E-state index contributed by atoms with van der Waals surface area (Å²) in [4.78, 5) is 0.